The van der Waals surface area contributed by atoms with Crippen molar-refractivity contribution in [1.82, 2.24) is 0 Å². The Morgan fingerprint density at radius 1 is 1.27 bits per heavy atom. The molecule has 0 aromatic heterocycles. The Labute approximate surface area is 89.9 Å². The van der Waals surface area contributed by atoms with Gasteiger partial charge in [-0.15, -0.1) is 0 Å². The van der Waals surface area contributed by atoms with Gasteiger partial charge in [0.1, 0.15) is 6.10 Å². The molecule has 0 heterocycles. The third kappa shape index (κ3) is 4.61. The lowest BCUT2D eigenvalue weighted by Crippen LogP contribution is -2.26. The Balaban J connectivity index is 2.35. The highest BCUT2D eigenvalue weighted by Crippen LogP contribution is 2.20. The predicted molar refractivity (Wildman–Crippen MR) is 53.8 cm³/mol. The van der Waals surface area contributed by atoms with Crippen LogP contribution in [-0.4, -0.2) is 33.4 Å². The third-order valence-electron chi connectivity index (χ3n) is 2.40. The summed E-state index contributed by atoms with van der Waals surface area (Å²) in [4.78, 5) is 11.2. The molecule has 1 fully saturated rings. The Hall–Kier alpha value is -0.620. The fourth-order valence-electron chi connectivity index (χ4n) is 1.61. The van der Waals surface area contributed by atoms with E-state index in [9.17, 15) is 13.2 Å². The van der Waals surface area contributed by atoms with E-state index < -0.39 is 21.8 Å². The van der Waals surface area contributed by atoms with E-state index in [-0.39, 0.29) is 6.10 Å². The van der Waals surface area contributed by atoms with Gasteiger partial charge in [0.15, 0.2) is 5.75 Å². The van der Waals surface area contributed by atoms with Crippen molar-refractivity contribution in [3.05, 3.63) is 0 Å². The average molecular weight is 236 g/mol. The van der Waals surface area contributed by atoms with Crippen molar-refractivity contribution in [1.29, 1.82) is 0 Å². The van der Waals surface area contributed by atoms with Crippen LogP contribution in [0.2, 0.25) is 0 Å². The largest absolute Gasteiger partial charge is 0.462 e. The Morgan fingerprint density at radius 3 is 2.40 bits per heavy atom. The molecule has 0 aliphatic heterocycles. The lowest BCUT2D eigenvalue weighted by molar-refractivity contribution is -0.147. The highest BCUT2D eigenvalue weighted by molar-refractivity contribution is 7.87. The van der Waals surface area contributed by atoms with Crippen molar-refractivity contribution in [2.75, 3.05) is 12.9 Å². The maximum absolute atomic E-state index is 11.2. The molecule has 0 unspecified atom stereocenters. The molecular formula is C9H16O5S. The zero-order valence-electron chi connectivity index (χ0n) is 8.77. The summed E-state index contributed by atoms with van der Waals surface area (Å²) in [6.07, 6.45) is 4.78. The molecular weight excluding hydrogens is 220 g/mol. The summed E-state index contributed by atoms with van der Waals surface area (Å²) in [6, 6.07) is 0. The smallest absolute Gasteiger partial charge is 0.323 e. The van der Waals surface area contributed by atoms with Gasteiger partial charge in [0, 0.05) is 0 Å². The van der Waals surface area contributed by atoms with E-state index in [0.717, 1.165) is 39.2 Å². The molecule has 88 valence electrons. The fourth-order valence-corrected chi connectivity index (χ4v) is 2.08. The summed E-state index contributed by atoms with van der Waals surface area (Å²) in [6.45, 7) is 0. The predicted octanol–water partition coefficient (Wildman–Crippen LogP) is 0.838. The summed E-state index contributed by atoms with van der Waals surface area (Å²) < 4.78 is 31.1. The number of hydrogen-bond acceptors (Lipinski definition) is 5. The molecule has 1 saturated carbocycles. The second-order valence-corrected chi connectivity index (χ2v) is 5.36. The molecule has 0 saturated heterocycles. The number of rotatable bonds is 4. The van der Waals surface area contributed by atoms with E-state index in [0.29, 0.717) is 0 Å². The summed E-state index contributed by atoms with van der Waals surface area (Å²) in [5.41, 5.74) is 0. The number of ether oxygens (including phenoxy) is 1. The standard InChI is InChI=1S/C9H16O5S/c1-13-15(11,12)7-9(10)14-8-5-3-2-4-6-8/h8H,2-7H2,1H3. The second-order valence-electron chi connectivity index (χ2n) is 3.62. The summed E-state index contributed by atoms with van der Waals surface area (Å²) >= 11 is 0. The molecule has 0 aromatic rings. The van der Waals surface area contributed by atoms with Gasteiger partial charge in [-0.2, -0.15) is 8.42 Å². The monoisotopic (exact) mass is 236 g/mol. The zero-order valence-corrected chi connectivity index (χ0v) is 9.59. The molecule has 15 heavy (non-hydrogen) atoms. The van der Waals surface area contributed by atoms with Gasteiger partial charge in [-0.25, -0.2) is 0 Å². The molecule has 0 amide bonds. The molecule has 0 atom stereocenters. The van der Waals surface area contributed by atoms with Crippen LogP contribution in [0.4, 0.5) is 0 Å². The maximum atomic E-state index is 11.2. The number of carbonyl (C=O) groups excluding carboxylic acids is 1. The molecule has 5 nitrogen and oxygen atoms in total. The van der Waals surface area contributed by atoms with Gasteiger partial charge in [0.25, 0.3) is 10.1 Å². The summed E-state index contributed by atoms with van der Waals surface area (Å²) in [5, 5.41) is 0. The first-order valence-electron chi connectivity index (χ1n) is 5.01. The normalized spacial score (nSPS) is 18.7. The minimum absolute atomic E-state index is 0.113. The van der Waals surface area contributed by atoms with Crippen LogP contribution in [0.25, 0.3) is 0 Å². The van der Waals surface area contributed by atoms with Gasteiger partial charge in [0.2, 0.25) is 0 Å². The highest BCUT2D eigenvalue weighted by Gasteiger charge is 2.22. The van der Waals surface area contributed by atoms with Crippen LogP contribution in [0.1, 0.15) is 32.1 Å². The van der Waals surface area contributed by atoms with Gasteiger partial charge >= 0.3 is 5.97 Å². The van der Waals surface area contributed by atoms with Crippen LogP contribution in [-0.2, 0) is 23.8 Å². The van der Waals surface area contributed by atoms with Crippen molar-refractivity contribution >= 4 is 16.1 Å². The highest BCUT2D eigenvalue weighted by atomic mass is 32.2. The third-order valence-corrected chi connectivity index (χ3v) is 3.50. The van der Waals surface area contributed by atoms with Gasteiger partial charge in [-0.1, -0.05) is 6.42 Å². The van der Waals surface area contributed by atoms with Crippen molar-refractivity contribution in [3.63, 3.8) is 0 Å². The Morgan fingerprint density at radius 2 is 1.87 bits per heavy atom. The summed E-state index contributed by atoms with van der Waals surface area (Å²) in [5.74, 6) is -1.41. The first-order valence-corrected chi connectivity index (χ1v) is 6.59. The lowest BCUT2D eigenvalue weighted by Gasteiger charge is -2.21. The fraction of sp³-hybridized carbons (Fsp3) is 0.889. The van der Waals surface area contributed by atoms with Crippen LogP contribution >= 0.6 is 0 Å². The molecule has 0 N–H and O–H groups in total. The van der Waals surface area contributed by atoms with Crippen molar-refractivity contribution in [3.8, 4) is 0 Å². The molecule has 1 aliphatic carbocycles. The van der Waals surface area contributed by atoms with Gasteiger partial charge in [-0.3, -0.25) is 8.98 Å². The van der Waals surface area contributed by atoms with Crippen LogP contribution in [0, 0.1) is 0 Å². The van der Waals surface area contributed by atoms with E-state index in [1.807, 2.05) is 0 Å². The van der Waals surface area contributed by atoms with Crippen LogP contribution in [0.5, 0.6) is 0 Å². The van der Waals surface area contributed by atoms with E-state index in [4.69, 9.17) is 4.74 Å². The van der Waals surface area contributed by atoms with E-state index in [1.54, 1.807) is 0 Å². The summed E-state index contributed by atoms with van der Waals surface area (Å²) in [7, 11) is -2.71. The number of carbonyl (C=O) groups is 1. The minimum Gasteiger partial charge on any atom is -0.462 e. The molecule has 0 spiro atoms. The molecule has 1 aliphatic rings. The van der Waals surface area contributed by atoms with Crippen LogP contribution in [0.3, 0.4) is 0 Å². The molecule has 0 radical (unpaired) electrons. The Kier molecular flexibility index (Phi) is 4.53. The lowest BCUT2D eigenvalue weighted by atomic mass is 9.98. The minimum atomic E-state index is -3.74. The number of hydrogen-bond donors (Lipinski definition) is 0. The Bertz CT molecular complexity index is 302. The maximum Gasteiger partial charge on any atom is 0.323 e. The van der Waals surface area contributed by atoms with E-state index >= 15 is 0 Å². The zero-order chi connectivity index (χ0) is 11.3. The van der Waals surface area contributed by atoms with Gasteiger partial charge < -0.3 is 4.74 Å². The average Bonchev–Trinajstić information content (AvgIpc) is 2.18. The van der Waals surface area contributed by atoms with E-state index in [2.05, 4.69) is 4.18 Å². The number of esters is 1. The van der Waals surface area contributed by atoms with Crippen molar-refractivity contribution < 1.29 is 22.1 Å². The van der Waals surface area contributed by atoms with Crippen LogP contribution < -0.4 is 0 Å². The van der Waals surface area contributed by atoms with Crippen molar-refractivity contribution in [2.45, 2.75) is 38.2 Å². The van der Waals surface area contributed by atoms with E-state index in [1.165, 1.54) is 0 Å². The second kappa shape index (κ2) is 5.46. The SMILES string of the molecule is COS(=O)(=O)CC(=O)OC1CCCCC1. The van der Waals surface area contributed by atoms with Gasteiger partial charge in [0.05, 0.1) is 7.11 Å². The first kappa shape index (κ1) is 12.4. The molecule has 6 heteroatoms. The first-order chi connectivity index (χ1) is 7.03. The van der Waals surface area contributed by atoms with Crippen LogP contribution in [0.15, 0.2) is 0 Å². The molecule has 0 bridgehead atoms. The van der Waals surface area contributed by atoms with Gasteiger partial charge in [-0.05, 0) is 25.7 Å². The molecule has 1 rings (SSSR count). The molecule has 0 aromatic carbocycles. The van der Waals surface area contributed by atoms with Crippen molar-refractivity contribution in [2.24, 2.45) is 0 Å². The topological polar surface area (TPSA) is 69.7 Å². The quantitative estimate of drug-likeness (QED) is 0.534.